The number of benzene rings is 3. The second kappa shape index (κ2) is 9.04. The Bertz CT molecular complexity index is 1070. The van der Waals surface area contributed by atoms with E-state index in [4.69, 9.17) is 39.5 Å². The Kier molecular flexibility index (Phi) is 6.65. The van der Waals surface area contributed by atoms with Gasteiger partial charge in [0.15, 0.2) is 5.75 Å². The van der Waals surface area contributed by atoms with Crippen molar-refractivity contribution in [1.29, 1.82) is 0 Å². The molecule has 0 saturated heterocycles. The number of hydrogen-bond acceptors (Lipinski definition) is 2. The van der Waals surface area contributed by atoms with Crippen molar-refractivity contribution >= 4 is 52.2 Å². The summed E-state index contributed by atoms with van der Waals surface area (Å²) in [7, 11) is 0. The molecule has 0 aliphatic rings. The molecule has 0 aromatic heterocycles. The fourth-order valence-electron chi connectivity index (χ4n) is 2.42. The van der Waals surface area contributed by atoms with E-state index in [2.05, 4.69) is 10.6 Å². The average molecular weight is 476 g/mol. The lowest BCUT2D eigenvalue weighted by molar-refractivity contribution is -0.137. The van der Waals surface area contributed by atoms with Gasteiger partial charge in [-0.15, -0.1) is 0 Å². The minimum atomic E-state index is -4.65. The maximum Gasteiger partial charge on any atom is 0.417 e. The standard InChI is InChI=1S/C20H12Cl3F3N2O2/c21-11-1-5-14(6-2-11)30-18-8-3-12(22)9-17(18)28-19(29)27-13-4-7-16(23)15(10-13)20(24,25)26/h1-10H,(H2,27,28,29). The highest BCUT2D eigenvalue weighted by atomic mass is 35.5. The molecule has 156 valence electrons. The van der Waals surface area contributed by atoms with E-state index in [0.717, 1.165) is 12.1 Å². The van der Waals surface area contributed by atoms with Crippen LogP contribution in [-0.4, -0.2) is 6.03 Å². The first-order valence-electron chi connectivity index (χ1n) is 8.29. The Labute approximate surface area is 184 Å². The number of amides is 2. The van der Waals surface area contributed by atoms with E-state index in [-0.39, 0.29) is 17.1 Å². The van der Waals surface area contributed by atoms with Gasteiger partial charge in [0.05, 0.1) is 16.3 Å². The maximum absolute atomic E-state index is 13.0. The number of rotatable bonds is 4. The maximum atomic E-state index is 13.0. The van der Waals surface area contributed by atoms with Crippen LogP contribution in [0.25, 0.3) is 0 Å². The number of halogens is 6. The van der Waals surface area contributed by atoms with E-state index < -0.39 is 22.8 Å². The van der Waals surface area contributed by atoms with Crippen molar-refractivity contribution < 1.29 is 22.7 Å². The molecule has 0 radical (unpaired) electrons. The second-order valence-corrected chi connectivity index (χ2v) is 7.25. The third-order valence-corrected chi connectivity index (χ3v) is 4.58. The molecule has 3 rings (SSSR count). The summed E-state index contributed by atoms with van der Waals surface area (Å²) >= 11 is 17.4. The molecule has 0 aliphatic carbocycles. The molecule has 0 bridgehead atoms. The van der Waals surface area contributed by atoms with Gasteiger partial charge in [0.1, 0.15) is 5.75 Å². The SMILES string of the molecule is O=C(Nc1ccc(Cl)c(C(F)(F)F)c1)Nc1cc(Cl)ccc1Oc1ccc(Cl)cc1. The van der Waals surface area contributed by atoms with Crippen LogP contribution in [0.3, 0.4) is 0 Å². The zero-order valence-electron chi connectivity index (χ0n) is 14.9. The fraction of sp³-hybridized carbons (Fsp3) is 0.0500. The molecule has 30 heavy (non-hydrogen) atoms. The topological polar surface area (TPSA) is 50.4 Å². The molecule has 2 N–H and O–H groups in total. The molecule has 2 amide bonds. The highest BCUT2D eigenvalue weighted by Crippen LogP contribution is 2.36. The predicted molar refractivity (Wildman–Crippen MR) is 112 cm³/mol. The molecule has 4 nitrogen and oxygen atoms in total. The molecule has 0 aliphatic heterocycles. The summed E-state index contributed by atoms with van der Waals surface area (Å²) in [6, 6.07) is 13.3. The van der Waals surface area contributed by atoms with Gasteiger partial charge in [-0.3, -0.25) is 0 Å². The first-order valence-corrected chi connectivity index (χ1v) is 9.43. The fourth-order valence-corrected chi connectivity index (χ4v) is 2.95. The zero-order chi connectivity index (χ0) is 21.9. The van der Waals surface area contributed by atoms with Crippen LogP contribution in [-0.2, 0) is 6.18 Å². The van der Waals surface area contributed by atoms with Gasteiger partial charge in [-0.2, -0.15) is 13.2 Å². The number of anilines is 2. The summed E-state index contributed by atoms with van der Waals surface area (Å²) in [5.74, 6) is 0.724. The van der Waals surface area contributed by atoms with Crippen LogP contribution in [0.5, 0.6) is 11.5 Å². The summed E-state index contributed by atoms with van der Waals surface area (Å²) in [5, 5.41) is 5.20. The number of ether oxygens (including phenoxy) is 1. The Morgan fingerprint density at radius 2 is 1.50 bits per heavy atom. The van der Waals surface area contributed by atoms with Gasteiger partial charge in [-0.05, 0) is 60.7 Å². The van der Waals surface area contributed by atoms with Crippen molar-refractivity contribution in [2.24, 2.45) is 0 Å². The summed E-state index contributed by atoms with van der Waals surface area (Å²) in [5.41, 5.74) is -0.942. The molecule has 0 saturated carbocycles. The lowest BCUT2D eigenvalue weighted by Gasteiger charge is -2.15. The minimum Gasteiger partial charge on any atom is -0.455 e. The van der Waals surface area contributed by atoms with Gasteiger partial charge in [-0.1, -0.05) is 34.8 Å². The summed E-state index contributed by atoms with van der Waals surface area (Å²) in [6.07, 6.45) is -4.65. The van der Waals surface area contributed by atoms with Gasteiger partial charge < -0.3 is 15.4 Å². The van der Waals surface area contributed by atoms with Crippen LogP contribution < -0.4 is 15.4 Å². The van der Waals surface area contributed by atoms with Gasteiger partial charge in [0.2, 0.25) is 0 Å². The van der Waals surface area contributed by atoms with Crippen LogP contribution in [0, 0.1) is 0 Å². The zero-order valence-corrected chi connectivity index (χ0v) is 17.1. The number of alkyl halides is 3. The molecule has 10 heteroatoms. The summed E-state index contributed by atoms with van der Waals surface area (Å²) in [4.78, 5) is 12.3. The van der Waals surface area contributed by atoms with E-state index in [9.17, 15) is 18.0 Å². The molecule has 3 aromatic carbocycles. The van der Waals surface area contributed by atoms with E-state index in [1.54, 1.807) is 30.3 Å². The van der Waals surface area contributed by atoms with Gasteiger partial charge in [0, 0.05) is 15.7 Å². The Morgan fingerprint density at radius 3 is 2.17 bits per heavy atom. The summed E-state index contributed by atoms with van der Waals surface area (Å²) < 4.78 is 44.7. The molecule has 0 fully saturated rings. The largest absolute Gasteiger partial charge is 0.455 e. The van der Waals surface area contributed by atoms with Crippen LogP contribution >= 0.6 is 34.8 Å². The Balaban J connectivity index is 1.78. The molecule has 0 unspecified atom stereocenters. The highest BCUT2D eigenvalue weighted by molar-refractivity contribution is 6.32. The molecule has 0 heterocycles. The first-order chi connectivity index (χ1) is 14.1. The van der Waals surface area contributed by atoms with Gasteiger partial charge in [0.25, 0.3) is 0 Å². The third-order valence-electron chi connectivity index (χ3n) is 3.76. The Morgan fingerprint density at radius 1 is 0.833 bits per heavy atom. The first kappa shape index (κ1) is 22.1. The third kappa shape index (κ3) is 5.72. The molecule has 3 aromatic rings. The summed E-state index contributed by atoms with van der Waals surface area (Å²) in [6.45, 7) is 0. The van der Waals surface area contributed by atoms with Gasteiger partial charge in [-0.25, -0.2) is 4.79 Å². The van der Waals surface area contributed by atoms with E-state index >= 15 is 0 Å². The van der Waals surface area contributed by atoms with Crippen molar-refractivity contribution in [3.63, 3.8) is 0 Å². The van der Waals surface area contributed by atoms with Crippen molar-refractivity contribution in [3.05, 3.63) is 81.3 Å². The second-order valence-electron chi connectivity index (χ2n) is 5.97. The number of nitrogens with one attached hydrogen (secondary N) is 2. The van der Waals surface area contributed by atoms with Crippen LogP contribution in [0.4, 0.5) is 29.3 Å². The van der Waals surface area contributed by atoms with Crippen LogP contribution in [0.2, 0.25) is 15.1 Å². The van der Waals surface area contributed by atoms with Crippen molar-refractivity contribution in [2.45, 2.75) is 6.18 Å². The highest BCUT2D eigenvalue weighted by Gasteiger charge is 2.33. The number of hydrogen-bond donors (Lipinski definition) is 2. The minimum absolute atomic E-state index is 0.0913. The number of carbonyl (C=O) groups is 1. The van der Waals surface area contributed by atoms with Crippen molar-refractivity contribution in [3.8, 4) is 11.5 Å². The monoisotopic (exact) mass is 474 g/mol. The number of carbonyl (C=O) groups excluding carboxylic acids is 1. The quantitative estimate of drug-likeness (QED) is 0.400. The normalized spacial score (nSPS) is 11.1. The lowest BCUT2D eigenvalue weighted by atomic mass is 10.2. The van der Waals surface area contributed by atoms with Gasteiger partial charge >= 0.3 is 12.2 Å². The lowest BCUT2D eigenvalue weighted by Crippen LogP contribution is -2.20. The molecule has 0 atom stereocenters. The van der Waals surface area contributed by atoms with E-state index in [0.29, 0.717) is 15.8 Å². The van der Waals surface area contributed by atoms with Crippen molar-refractivity contribution in [2.75, 3.05) is 10.6 Å². The van der Waals surface area contributed by atoms with Crippen LogP contribution in [0.1, 0.15) is 5.56 Å². The smallest absolute Gasteiger partial charge is 0.417 e. The Hall–Kier alpha value is -2.61. The molecular weight excluding hydrogens is 464 g/mol. The molecular formula is C20H12Cl3F3N2O2. The van der Waals surface area contributed by atoms with Crippen molar-refractivity contribution in [1.82, 2.24) is 0 Å². The molecule has 0 spiro atoms. The van der Waals surface area contributed by atoms with E-state index in [1.165, 1.54) is 18.2 Å². The van der Waals surface area contributed by atoms with Crippen LogP contribution in [0.15, 0.2) is 60.7 Å². The average Bonchev–Trinajstić information content (AvgIpc) is 2.66. The number of urea groups is 1. The predicted octanol–water partition coefficient (Wildman–Crippen LogP) is 8.10. The van der Waals surface area contributed by atoms with E-state index in [1.807, 2.05) is 0 Å².